The van der Waals surface area contributed by atoms with E-state index in [1.807, 2.05) is 0 Å². The molecule has 0 spiro atoms. The monoisotopic (exact) mass is 362 g/mol. The zero-order valence-electron chi connectivity index (χ0n) is 13.9. The smallest absolute Gasteiger partial charge is 0.263 e. The fourth-order valence-electron chi connectivity index (χ4n) is 2.39. The van der Waals surface area contributed by atoms with Crippen LogP contribution >= 0.6 is 0 Å². The Morgan fingerprint density at radius 2 is 2.04 bits per heavy atom. The maximum absolute atomic E-state index is 13.3. The fraction of sp³-hybridized carbons (Fsp3) is 0.222. The zero-order chi connectivity index (χ0) is 18.5. The predicted molar refractivity (Wildman–Crippen MR) is 88.5 cm³/mol. The number of nitrogens with zero attached hydrogens (tertiary/aromatic N) is 1. The second kappa shape index (κ2) is 7.92. The van der Waals surface area contributed by atoms with Crippen molar-refractivity contribution in [1.29, 1.82) is 0 Å². The van der Waals surface area contributed by atoms with Gasteiger partial charge in [-0.05, 0) is 12.1 Å². The molecule has 0 aliphatic carbocycles. The van der Waals surface area contributed by atoms with Crippen LogP contribution in [-0.4, -0.2) is 30.7 Å². The Balaban J connectivity index is 1.66. The summed E-state index contributed by atoms with van der Waals surface area (Å²) in [6.45, 7) is 0.0304. The minimum Gasteiger partial charge on any atom is -0.478 e. The molecule has 1 N–H and O–H groups in total. The molecule has 0 radical (unpaired) electrons. The highest BCUT2D eigenvalue weighted by Crippen LogP contribution is 2.19. The zero-order valence-corrected chi connectivity index (χ0v) is 13.9. The minimum absolute atomic E-state index is 0.0893. The second-order valence-electron chi connectivity index (χ2n) is 5.51. The molecular weight excluding hydrogens is 346 g/mol. The molecule has 1 unspecified atom stereocenters. The Hall–Kier alpha value is -3.00. The molecule has 3 aromatic rings. The highest BCUT2D eigenvalue weighted by atomic mass is 19.1. The van der Waals surface area contributed by atoms with Crippen molar-refractivity contribution in [1.82, 2.24) is 10.3 Å². The lowest BCUT2D eigenvalue weighted by atomic mass is 10.3. The quantitative estimate of drug-likeness (QED) is 0.700. The summed E-state index contributed by atoms with van der Waals surface area (Å²) in [5.41, 5.74) is 0.657. The van der Waals surface area contributed by atoms with Crippen LogP contribution in [0.1, 0.15) is 5.76 Å². The Kier molecular flexibility index (Phi) is 5.43. The first-order valence-corrected chi connectivity index (χ1v) is 7.77. The molecule has 26 heavy (non-hydrogen) atoms. The highest BCUT2D eigenvalue weighted by molar-refractivity contribution is 5.81. The van der Waals surface area contributed by atoms with Crippen molar-refractivity contribution in [2.24, 2.45) is 0 Å². The first-order chi connectivity index (χ1) is 12.5. The van der Waals surface area contributed by atoms with Gasteiger partial charge in [0.15, 0.2) is 6.10 Å². The fourth-order valence-corrected chi connectivity index (χ4v) is 2.39. The number of ether oxygens (including phenoxy) is 2. The van der Waals surface area contributed by atoms with E-state index in [0.29, 0.717) is 17.4 Å². The summed E-state index contributed by atoms with van der Waals surface area (Å²) in [6, 6.07) is 6.18. The van der Waals surface area contributed by atoms with E-state index in [1.54, 1.807) is 24.5 Å². The summed E-state index contributed by atoms with van der Waals surface area (Å²) in [7, 11) is 1.39. The summed E-state index contributed by atoms with van der Waals surface area (Å²) >= 11 is 0. The van der Waals surface area contributed by atoms with Gasteiger partial charge < -0.3 is 19.2 Å². The molecule has 0 bridgehead atoms. The van der Waals surface area contributed by atoms with Gasteiger partial charge in [-0.3, -0.25) is 9.78 Å². The third-order valence-electron chi connectivity index (χ3n) is 3.53. The Morgan fingerprint density at radius 1 is 1.27 bits per heavy atom. The number of halogens is 2. The van der Waals surface area contributed by atoms with Gasteiger partial charge in [-0.25, -0.2) is 8.78 Å². The lowest BCUT2D eigenvalue weighted by molar-refractivity contribution is -0.130. The third-order valence-corrected chi connectivity index (χ3v) is 3.53. The standard InChI is InChI=1S/C18H16F2N2O4/c1-24-10-17(25-14-6-12(19)5-13(20)7-14)18(23)22-9-15-4-11-8-21-3-2-16(11)26-15/h2-8,17H,9-10H2,1H3,(H,22,23). The summed E-state index contributed by atoms with van der Waals surface area (Å²) in [4.78, 5) is 16.3. The number of rotatable bonds is 7. The highest BCUT2D eigenvalue weighted by Gasteiger charge is 2.21. The molecule has 0 saturated heterocycles. The van der Waals surface area contributed by atoms with Crippen molar-refractivity contribution < 1.29 is 27.5 Å². The first kappa shape index (κ1) is 17.8. The molecule has 2 aromatic heterocycles. The van der Waals surface area contributed by atoms with Crippen molar-refractivity contribution in [3.8, 4) is 5.75 Å². The van der Waals surface area contributed by atoms with E-state index in [4.69, 9.17) is 13.9 Å². The largest absolute Gasteiger partial charge is 0.478 e. The number of carbonyl (C=O) groups excluding carboxylic acids is 1. The number of hydrogen-bond donors (Lipinski definition) is 1. The summed E-state index contributed by atoms with van der Waals surface area (Å²) in [6.07, 6.45) is 2.18. The van der Waals surface area contributed by atoms with Crippen LogP contribution in [-0.2, 0) is 16.1 Å². The number of hydrogen-bond acceptors (Lipinski definition) is 5. The predicted octanol–water partition coefficient (Wildman–Crippen LogP) is 2.82. The molecule has 6 nitrogen and oxygen atoms in total. The molecule has 1 atom stereocenters. The molecule has 0 saturated carbocycles. The number of furan rings is 1. The Labute approximate surface area is 147 Å². The number of carbonyl (C=O) groups is 1. The lowest BCUT2D eigenvalue weighted by Gasteiger charge is -2.17. The number of pyridine rings is 1. The van der Waals surface area contributed by atoms with Crippen molar-refractivity contribution in [2.45, 2.75) is 12.6 Å². The summed E-state index contributed by atoms with van der Waals surface area (Å²) in [5, 5.41) is 3.47. The van der Waals surface area contributed by atoms with Crippen LogP contribution in [0.3, 0.4) is 0 Å². The van der Waals surface area contributed by atoms with E-state index >= 15 is 0 Å². The van der Waals surface area contributed by atoms with Gasteiger partial charge in [-0.15, -0.1) is 0 Å². The van der Waals surface area contributed by atoms with Crippen molar-refractivity contribution in [2.75, 3.05) is 13.7 Å². The number of amides is 1. The van der Waals surface area contributed by atoms with Crippen molar-refractivity contribution in [3.63, 3.8) is 0 Å². The van der Waals surface area contributed by atoms with Crippen LogP contribution in [0.5, 0.6) is 5.75 Å². The number of benzene rings is 1. The van der Waals surface area contributed by atoms with E-state index in [-0.39, 0.29) is 18.9 Å². The van der Waals surface area contributed by atoms with Gasteiger partial charge in [0.05, 0.1) is 13.2 Å². The molecule has 136 valence electrons. The van der Waals surface area contributed by atoms with Gasteiger partial charge in [0.25, 0.3) is 5.91 Å². The van der Waals surface area contributed by atoms with Crippen molar-refractivity contribution in [3.05, 3.63) is 60.1 Å². The van der Waals surface area contributed by atoms with Gasteiger partial charge in [-0.1, -0.05) is 0 Å². The van der Waals surface area contributed by atoms with Crippen LogP contribution < -0.4 is 10.1 Å². The average molecular weight is 362 g/mol. The van der Waals surface area contributed by atoms with E-state index in [0.717, 1.165) is 17.5 Å². The number of nitrogens with one attached hydrogen (secondary N) is 1. The number of aromatic nitrogens is 1. The third kappa shape index (κ3) is 4.34. The van der Waals surface area contributed by atoms with Gasteiger partial charge in [0.2, 0.25) is 0 Å². The number of methoxy groups -OCH3 is 1. The van der Waals surface area contributed by atoms with E-state index in [1.165, 1.54) is 7.11 Å². The van der Waals surface area contributed by atoms with E-state index in [2.05, 4.69) is 10.3 Å². The first-order valence-electron chi connectivity index (χ1n) is 7.77. The van der Waals surface area contributed by atoms with Gasteiger partial charge in [0, 0.05) is 43.1 Å². The average Bonchev–Trinajstić information content (AvgIpc) is 3.01. The van der Waals surface area contributed by atoms with Crippen molar-refractivity contribution >= 4 is 16.9 Å². The van der Waals surface area contributed by atoms with Gasteiger partial charge in [0.1, 0.15) is 28.7 Å². The molecule has 0 aliphatic heterocycles. The molecule has 3 rings (SSSR count). The van der Waals surface area contributed by atoms with E-state index < -0.39 is 23.6 Å². The maximum atomic E-state index is 13.3. The Morgan fingerprint density at radius 3 is 2.73 bits per heavy atom. The molecular formula is C18H16F2N2O4. The summed E-state index contributed by atoms with van der Waals surface area (Å²) < 4.78 is 42.4. The summed E-state index contributed by atoms with van der Waals surface area (Å²) in [5.74, 6) is -1.67. The van der Waals surface area contributed by atoms with Crippen LogP contribution in [0.25, 0.3) is 11.0 Å². The van der Waals surface area contributed by atoms with Crippen LogP contribution in [0.4, 0.5) is 8.78 Å². The second-order valence-corrected chi connectivity index (χ2v) is 5.51. The lowest BCUT2D eigenvalue weighted by Crippen LogP contribution is -2.41. The SMILES string of the molecule is COCC(Oc1cc(F)cc(F)c1)C(=O)NCc1cc2cnccc2o1. The molecule has 0 aliphatic rings. The van der Waals surface area contributed by atoms with Crippen LogP contribution in [0, 0.1) is 11.6 Å². The van der Waals surface area contributed by atoms with Gasteiger partial charge in [-0.2, -0.15) is 0 Å². The van der Waals surface area contributed by atoms with Gasteiger partial charge >= 0.3 is 0 Å². The molecule has 8 heteroatoms. The van der Waals surface area contributed by atoms with E-state index in [9.17, 15) is 13.6 Å². The van der Waals surface area contributed by atoms with Crippen LogP contribution in [0.15, 0.2) is 47.1 Å². The van der Waals surface area contributed by atoms with Crippen LogP contribution in [0.2, 0.25) is 0 Å². The topological polar surface area (TPSA) is 73.6 Å². The Bertz CT molecular complexity index is 860. The molecule has 0 fully saturated rings. The molecule has 1 aromatic carbocycles. The normalized spacial score (nSPS) is 12.1. The number of fused-ring (bicyclic) bond motifs is 1. The minimum atomic E-state index is -1.08. The maximum Gasteiger partial charge on any atom is 0.263 e. The molecule has 2 heterocycles. The molecule has 1 amide bonds.